The zero-order valence-corrected chi connectivity index (χ0v) is 11.5. The van der Waals surface area contributed by atoms with Crippen LogP contribution in [-0.2, 0) is 0 Å². The Hall–Kier alpha value is -2.08. The Morgan fingerprint density at radius 3 is 2.45 bits per heavy atom. The van der Waals surface area contributed by atoms with Crippen LogP contribution in [0, 0.1) is 0 Å². The summed E-state index contributed by atoms with van der Waals surface area (Å²) in [5.41, 5.74) is 1.13. The third-order valence-corrected chi connectivity index (χ3v) is 3.63. The second kappa shape index (κ2) is 5.50. The van der Waals surface area contributed by atoms with Gasteiger partial charge in [0.1, 0.15) is 6.33 Å². The van der Waals surface area contributed by atoms with Gasteiger partial charge in [-0.3, -0.25) is 9.89 Å². The van der Waals surface area contributed by atoms with Crippen molar-refractivity contribution in [3.05, 3.63) is 41.4 Å². The van der Waals surface area contributed by atoms with Gasteiger partial charge in [0.2, 0.25) is 5.82 Å². The average molecular weight is 292 g/mol. The third kappa shape index (κ3) is 2.60. The molecule has 104 valence electrons. The molecule has 0 atom stereocenters. The molecule has 20 heavy (non-hydrogen) atoms. The molecule has 3 rings (SSSR count). The number of anilines is 1. The highest BCUT2D eigenvalue weighted by Gasteiger charge is 2.23. The smallest absolute Gasteiger partial charge is 0.291 e. The maximum Gasteiger partial charge on any atom is 0.291 e. The molecule has 2 heterocycles. The minimum absolute atomic E-state index is 0.0988. The van der Waals surface area contributed by atoms with Gasteiger partial charge < -0.3 is 9.80 Å². The highest BCUT2D eigenvalue weighted by atomic mass is 35.5. The van der Waals surface area contributed by atoms with Crippen LogP contribution < -0.4 is 4.90 Å². The zero-order valence-electron chi connectivity index (χ0n) is 10.8. The fourth-order valence-corrected chi connectivity index (χ4v) is 2.40. The Kier molecular flexibility index (Phi) is 3.56. The molecule has 0 spiro atoms. The SMILES string of the molecule is O=C(c1ncn[nH]1)N1CCN(c2ccc(Cl)cc2)CC1. The van der Waals surface area contributed by atoms with Crippen LogP contribution in [0.15, 0.2) is 30.6 Å². The van der Waals surface area contributed by atoms with Crippen LogP contribution in [0.4, 0.5) is 5.69 Å². The quantitative estimate of drug-likeness (QED) is 0.909. The van der Waals surface area contributed by atoms with Gasteiger partial charge in [-0.05, 0) is 24.3 Å². The van der Waals surface area contributed by atoms with E-state index in [1.54, 1.807) is 4.90 Å². The topological polar surface area (TPSA) is 65.1 Å². The Bertz CT molecular complexity index is 575. The summed E-state index contributed by atoms with van der Waals surface area (Å²) >= 11 is 5.88. The van der Waals surface area contributed by atoms with Gasteiger partial charge in [0.05, 0.1) is 0 Å². The molecule has 1 aromatic heterocycles. The van der Waals surface area contributed by atoms with Gasteiger partial charge in [0, 0.05) is 36.9 Å². The molecule has 1 aromatic carbocycles. The summed E-state index contributed by atoms with van der Waals surface area (Å²) in [6.07, 6.45) is 1.34. The van der Waals surface area contributed by atoms with E-state index in [0.717, 1.165) is 23.8 Å². The van der Waals surface area contributed by atoms with Crippen molar-refractivity contribution in [2.75, 3.05) is 31.1 Å². The number of halogens is 1. The van der Waals surface area contributed by atoms with Crippen molar-refractivity contribution >= 4 is 23.2 Å². The fourth-order valence-electron chi connectivity index (χ4n) is 2.28. The lowest BCUT2D eigenvalue weighted by molar-refractivity contribution is 0.0735. The lowest BCUT2D eigenvalue weighted by atomic mass is 10.2. The van der Waals surface area contributed by atoms with Crippen LogP contribution in [0.5, 0.6) is 0 Å². The van der Waals surface area contributed by atoms with Crippen LogP contribution in [0.2, 0.25) is 5.02 Å². The average Bonchev–Trinajstić information content (AvgIpc) is 3.02. The second-order valence-electron chi connectivity index (χ2n) is 4.59. The number of piperazine rings is 1. The molecular weight excluding hydrogens is 278 g/mol. The van der Waals surface area contributed by atoms with E-state index >= 15 is 0 Å². The Labute approximate surface area is 121 Å². The molecule has 0 unspecified atom stereocenters. The first-order chi connectivity index (χ1) is 9.74. The molecule has 0 bridgehead atoms. The van der Waals surface area contributed by atoms with E-state index in [4.69, 9.17) is 11.6 Å². The number of aromatic nitrogens is 3. The van der Waals surface area contributed by atoms with Gasteiger partial charge in [0.15, 0.2) is 0 Å². The standard InChI is InChI=1S/C13H14ClN5O/c14-10-1-3-11(4-2-10)18-5-7-19(8-6-18)13(20)12-15-9-16-17-12/h1-4,9H,5-8H2,(H,15,16,17). The van der Waals surface area contributed by atoms with Crippen molar-refractivity contribution in [3.8, 4) is 0 Å². The number of amides is 1. The first-order valence-corrected chi connectivity index (χ1v) is 6.77. The number of rotatable bonds is 2. The van der Waals surface area contributed by atoms with Crippen LogP contribution >= 0.6 is 11.6 Å². The highest BCUT2D eigenvalue weighted by molar-refractivity contribution is 6.30. The number of carbonyl (C=O) groups is 1. The Morgan fingerprint density at radius 1 is 1.15 bits per heavy atom. The molecule has 6 nitrogen and oxygen atoms in total. The second-order valence-corrected chi connectivity index (χ2v) is 5.03. The lowest BCUT2D eigenvalue weighted by Crippen LogP contribution is -2.49. The van der Waals surface area contributed by atoms with E-state index in [1.807, 2.05) is 24.3 Å². The van der Waals surface area contributed by atoms with Gasteiger partial charge in [0.25, 0.3) is 5.91 Å². The summed E-state index contributed by atoms with van der Waals surface area (Å²) in [5.74, 6) is 0.197. The van der Waals surface area contributed by atoms with E-state index < -0.39 is 0 Å². The summed E-state index contributed by atoms with van der Waals surface area (Å²) in [7, 11) is 0. The molecule has 0 saturated carbocycles. The molecule has 2 aromatic rings. The van der Waals surface area contributed by atoms with Gasteiger partial charge in [-0.1, -0.05) is 11.6 Å². The number of nitrogens with zero attached hydrogens (tertiary/aromatic N) is 4. The van der Waals surface area contributed by atoms with Crippen molar-refractivity contribution in [1.82, 2.24) is 20.1 Å². The van der Waals surface area contributed by atoms with Crippen molar-refractivity contribution in [3.63, 3.8) is 0 Å². The highest BCUT2D eigenvalue weighted by Crippen LogP contribution is 2.19. The predicted molar refractivity (Wildman–Crippen MR) is 76.0 cm³/mol. The van der Waals surface area contributed by atoms with Crippen molar-refractivity contribution < 1.29 is 4.79 Å². The van der Waals surface area contributed by atoms with Gasteiger partial charge >= 0.3 is 0 Å². The van der Waals surface area contributed by atoms with Gasteiger partial charge in [-0.2, -0.15) is 5.10 Å². The van der Waals surface area contributed by atoms with E-state index in [2.05, 4.69) is 20.1 Å². The van der Waals surface area contributed by atoms with Crippen LogP contribution in [-0.4, -0.2) is 52.2 Å². The van der Waals surface area contributed by atoms with E-state index in [-0.39, 0.29) is 5.91 Å². The number of hydrogen-bond acceptors (Lipinski definition) is 4. The van der Waals surface area contributed by atoms with Gasteiger partial charge in [-0.25, -0.2) is 4.98 Å². The molecule has 1 saturated heterocycles. The van der Waals surface area contributed by atoms with Crippen LogP contribution in [0.25, 0.3) is 0 Å². The molecule has 1 N–H and O–H groups in total. The molecule has 7 heteroatoms. The zero-order chi connectivity index (χ0) is 13.9. The fraction of sp³-hybridized carbons (Fsp3) is 0.308. The number of nitrogens with one attached hydrogen (secondary N) is 1. The first-order valence-electron chi connectivity index (χ1n) is 6.39. The monoisotopic (exact) mass is 291 g/mol. The molecule has 1 aliphatic heterocycles. The van der Waals surface area contributed by atoms with Crippen molar-refractivity contribution in [1.29, 1.82) is 0 Å². The number of H-pyrrole nitrogens is 1. The molecule has 1 amide bonds. The lowest BCUT2D eigenvalue weighted by Gasteiger charge is -2.35. The summed E-state index contributed by atoms with van der Waals surface area (Å²) < 4.78 is 0. The molecule has 0 aliphatic carbocycles. The number of carbonyl (C=O) groups excluding carboxylic acids is 1. The normalized spacial score (nSPS) is 15.4. The molecule has 1 fully saturated rings. The largest absolute Gasteiger partial charge is 0.368 e. The van der Waals surface area contributed by atoms with Crippen molar-refractivity contribution in [2.45, 2.75) is 0 Å². The predicted octanol–water partition coefficient (Wildman–Crippen LogP) is 1.42. The number of benzene rings is 1. The summed E-state index contributed by atoms with van der Waals surface area (Å²) in [4.78, 5) is 20.0. The van der Waals surface area contributed by atoms with Crippen molar-refractivity contribution in [2.24, 2.45) is 0 Å². The minimum Gasteiger partial charge on any atom is -0.368 e. The molecule has 0 radical (unpaired) electrons. The third-order valence-electron chi connectivity index (χ3n) is 3.38. The van der Waals surface area contributed by atoms with E-state index in [0.29, 0.717) is 18.9 Å². The Morgan fingerprint density at radius 2 is 1.85 bits per heavy atom. The number of hydrogen-bond donors (Lipinski definition) is 1. The Balaban J connectivity index is 1.62. The van der Waals surface area contributed by atoms with Gasteiger partial charge in [-0.15, -0.1) is 0 Å². The molecule has 1 aliphatic rings. The first kappa shape index (κ1) is 12.9. The number of aromatic amines is 1. The van der Waals surface area contributed by atoms with E-state index in [9.17, 15) is 4.79 Å². The summed E-state index contributed by atoms with van der Waals surface area (Å²) in [6, 6.07) is 7.75. The summed E-state index contributed by atoms with van der Waals surface area (Å²) in [5, 5.41) is 7.03. The van der Waals surface area contributed by atoms with E-state index in [1.165, 1.54) is 6.33 Å². The maximum atomic E-state index is 12.1. The maximum absolute atomic E-state index is 12.1. The minimum atomic E-state index is -0.0988. The summed E-state index contributed by atoms with van der Waals surface area (Å²) in [6.45, 7) is 2.92. The van der Waals surface area contributed by atoms with Crippen LogP contribution in [0.3, 0.4) is 0 Å². The molecular formula is C13H14ClN5O. The van der Waals surface area contributed by atoms with Crippen LogP contribution in [0.1, 0.15) is 10.6 Å².